The number of nitrogens with one attached hydrogen (secondary N) is 1. The highest BCUT2D eigenvalue weighted by atomic mass is 19.1. The average molecular weight is 297 g/mol. The molecule has 0 saturated heterocycles. The van der Waals surface area contributed by atoms with Crippen molar-refractivity contribution in [2.24, 2.45) is 0 Å². The van der Waals surface area contributed by atoms with E-state index in [2.05, 4.69) is 17.4 Å². The minimum Gasteiger partial charge on any atom is -0.355 e. The fourth-order valence-electron chi connectivity index (χ4n) is 3.17. The van der Waals surface area contributed by atoms with Gasteiger partial charge >= 0.3 is 0 Å². The molecule has 0 saturated carbocycles. The molecule has 0 bridgehead atoms. The van der Waals surface area contributed by atoms with Gasteiger partial charge in [0.15, 0.2) is 0 Å². The molecular formula is C19H20FNO. The predicted octanol–water partition coefficient (Wildman–Crippen LogP) is 3.60. The van der Waals surface area contributed by atoms with Gasteiger partial charge in [-0.05, 0) is 54.5 Å². The zero-order valence-electron chi connectivity index (χ0n) is 12.5. The van der Waals surface area contributed by atoms with Crippen LogP contribution in [0.3, 0.4) is 0 Å². The lowest BCUT2D eigenvalue weighted by atomic mass is 9.82. The van der Waals surface area contributed by atoms with Gasteiger partial charge in [0.05, 0.1) is 5.92 Å². The lowest BCUT2D eigenvalue weighted by Gasteiger charge is -2.24. The van der Waals surface area contributed by atoms with Crippen LogP contribution in [0.25, 0.3) is 0 Å². The normalized spacial score (nSPS) is 16.9. The third kappa shape index (κ3) is 3.35. The van der Waals surface area contributed by atoms with Crippen molar-refractivity contribution in [1.82, 2.24) is 5.32 Å². The van der Waals surface area contributed by atoms with Crippen molar-refractivity contribution in [3.05, 3.63) is 71.0 Å². The fourth-order valence-corrected chi connectivity index (χ4v) is 3.17. The molecule has 1 amide bonds. The molecule has 114 valence electrons. The van der Waals surface area contributed by atoms with Crippen molar-refractivity contribution in [1.29, 1.82) is 0 Å². The Morgan fingerprint density at radius 2 is 2.05 bits per heavy atom. The van der Waals surface area contributed by atoms with E-state index in [4.69, 9.17) is 0 Å². The first kappa shape index (κ1) is 14.8. The molecule has 1 unspecified atom stereocenters. The fraction of sp³-hybridized carbons (Fsp3) is 0.316. The van der Waals surface area contributed by atoms with Gasteiger partial charge in [-0.15, -0.1) is 0 Å². The van der Waals surface area contributed by atoms with E-state index < -0.39 is 0 Å². The summed E-state index contributed by atoms with van der Waals surface area (Å²) in [5.74, 6) is -0.189. The van der Waals surface area contributed by atoms with Crippen LogP contribution in [0.4, 0.5) is 4.39 Å². The molecule has 1 N–H and O–H groups in total. The van der Waals surface area contributed by atoms with Gasteiger partial charge in [-0.3, -0.25) is 4.79 Å². The monoisotopic (exact) mass is 297 g/mol. The van der Waals surface area contributed by atoms with Crippen LogP contribution in [0, 0.1) is 5.82 Å². The lowest BCUT2D eigenvalue weighted by molar-refractivity contribution is -0.122. The number of carbonyl (C=O) groups is 1. The van der Waals surface area contributed by atoms with E-state index >= 15 is 0 Å². The molecule has 3 heteroatoms. The van der Waals surface area contributed by atoms with E-state index in [1.165, 1.54) is 17.7 Å². The Labute approximate surface area is 130 Å². The highest BCUT2D eigenvalue weighted by molar-refractivity contribution is 5.84. The van der Waals surface area contributed by atoms with Crippen LogP contribution < -0.4 is 5.32 Å². The molecule has 0 aliphatic heterocycles. The van der Waals surface area contributed by atoms with Gasteiger partial charge in [-0.25, -0.2) is 4.39 Å². The SMILES string of the molecule is O=C(NCCc1cccc(F)c1)C1CCCc2ccccc21. The summed E-state index contributed by atoms with van der Waals surface area (Å²) in [5.41, 5.74) is 3.36. The molecule has 0 radical (unpaired) electrons. The van der Waals surface area contributed by atoms with Gasteiger partial charge in [-0.1, -0.05) is 36.4 Å². The van der Waals surface area contributed by atoms with Crippen molar-refractivity contribution in [2.45, 2.75) is 31.6 Å². The number of hydrogen-bond donors (Lipinski definition) is 1. The minimum atomic E-state index is -0.231. The highest BCUT2D eigenvalue weighted by Crippen LogP contribution is 2.31. The Morgan fingerprint density at radius 1 is 1.18 bits per heavy atom. The van der Waals surface area contributed by atoms with Gasteiger partial charge in [0, 0.05) is 6.54 Å². The van der Waals surface area contributed by atoms with Crippen molar-refractivity contribution < 1.29 is 9.18 Å². The topological polar surface area (TPSA) is 29.1 Å². The summed E-state index contributed by atoms with van der Waals surface area (Å²) >= 11 is 0. The summed E-state index contributed by atoms with van der Waals surface area (Å²) in [7, 11) is 0. The molecule has 0 aromatic heterocycles. The van der Waals surface area contributed by atoms with Crippen LogP contribution in [0.1, 0.15) is 35.4 Å². The number of amides is 1. The molecule has 2 aromatic rings. The molecule has 2 nitrogen and oxygen atoms in total. The maximum absolute atomic E-state index is 13.1. The summed E-state index contributed by atoms with van der Waals surface area (Å²) in [4.78, 5) is 12.4. The Balaban J connectivity index is 1.59. The summed E-state index contributed by atoms with van der Waals surface area (Å²) in [6.45, 7) is 0.543. The number of aryl methyl sites for hydroxylation is 1. The quantitative estimate of drug-likeness (QED) is 0.918. The molecule has 0 heterocycles. The van der Waals surface area contributed by atoms with E-state index in [9.17, 15) is 9.18 Å². The van der Waals surface area contributed by atoms with E-state index in [0.717, 1.165) is 30.4 Å². The van der Waals surface area contributed by atoms with Crippen LogP contribution in [0.15, 0.2) is 48.5 Å². The summed E-state index contributed by atoms with van der Waals surface area (Å²) < 4.78 is 13.1. The van der Waals surface area contributed by atoms with Gasteiger partial charge in [0.25, 0.3) is 0 Å². The predicted molar refractivity (Wildman–Crippen MR) is 85.2 cm³/mol. The second kappa shape index (κ2) is 6.73. The third-order valence-electron chi connectivity index (χ3n) is 4.29. The Bertz CT molecular complexity index is 668. The van der Waals surface area contributed by atoms with E-state index in [-0.39, 0.29) is 17.6 Å². The summed E-state index contributed by atoms with van der Waals surface area (Å²) in [6.07, 6.45) is 3.67. The Morgan fingerprint density at radius 3 is 2.91 bits per heavy atom. The number of hydrogen-bond acceptors (Lipinski definition) is 1. The van der Waals surface area contributed by atoms with Gasteiger partial charge in [-0.2, -0.15) is 0 Å². The van der Waals surface area contributed by atoms with Crippen molar-refractivity contribution in [3.8, 4) is 0 Å². The third-order valence-corrected chi connectivity index (χ3v) is 4.29. The lowest BCUT2D eigenvalue weighted by Crippen LogP contribution is -2.32. The van der Waals surface area contributed by atoms with Gasteiger partial charge in [0.2, 0.25) is 5.91 Å². The average Bonchev–Trinajstić information content (AvgIpc) is 2.54. The maximum atomic E-state index is 13.1. The summed E-state index contributed by atoms with van der Waals surface area (Å²) in [5, 5.41) is 3.00. The van der Waals surface area contributed by atoms with Crippen LogP contribution in [-0.2, 0) is 17.6 Å². The van der Waals surface area contributed by atoms with Gasteiger partial charge in [0.1, 0.15) is 5.82 Å². The minimum absolute atomic E-state index is 0.0440. The van der Waals surface area contributed by atoms with Crippen molar-refractivity contribution in [3.63, 3.8) is 0 Å². The second-order valence-electron chi connectivity index (χ2n) is 5.81. The highest BCUT2D eigenvalue weighted by Gasteiger charge is 2.25. The number of rotatable bonds is 4. The second-order valence-corrected chi connectivity index (χ2v) is 5.81. The maximum Gasteiger partial charge on any atom is 0.227 e. The van der Waals surface area contributed by atoms with Crippen molar-refractivity contribution >= 4 is 5.91 Å². The Kier molecular flexibility index (Phi) is 4.52. The molecule has 1 aliphatic rings. The van der Waals surface area contributed by atoms with E-state index in [1.807, 2.05) is 18.2 Å². The zero-order chi connectivity index (χ0) is 15.4. The standard InChI is InChI=1S/C19H20FNO/c20-16-8-3-5-14(13-16)11-12-21-19(22)18-10-4-7-15-6-1-2-9-17(15)18/h1-3,5-6,8-9,13,18H,4,7,10-12H2,(H,21,22). The molecule has 1 atom stereocenters. The molecule has 1 aliphatic carbocycles. The molecule has 2 aromatic carbocycles. The van der Waals surface area contributed by atoms with Gasteiger partial charge < -0.3 is 5.32 Å². The molecule has 3 rings (SSSR count). The number of benzene rings is 2. The van der Waals surface area contributed by atoms with Crippen LogP contribution in [0.2, 0.25) is 0 Å². The largest absolute Gasteiger partial charge is 0.355 e. The first-order valence-electron chi connectivity index (χ1n) is 7.84. The number of carbonyl (C=O) groups excluding carboxylic acids is 1. The first-order valence-corrected chi connectivity index (χ1v) is 7.84. The molecular weight excluding hydrogens is 277 g/mol. The zero-order valence-corrected chi connectivity index (χ0v) is 12.5. The van der Waals surface area contributed by atoms with E-state index in [0.29, 0.717) is 13.0 Å². The molecule has 0 spiro atoms. The first-order chi connectivity index (χ1) is 10.7. The number of fused-ring (bicyclic) bond motifs is 1. The number of halogens is 1. The van der Waals surface area contributed by atoms with Crippen molar-refractivity contribution in [2.75, 3.05) is 6.54 Å². The molecule has 22 heavy (non-hydrogen) atoms. The Hall–Kier alpha value is -2.16. The van der Waals surface area contributed by atoms with Crippen LogP contribution in [0.5, 0.6) is 0 Å². The van der Waals surface area contributed by atoms with Crippen LogP contribution in [-0.4, -0.2) is 12.5 Å². The van der Waals surface area contributed by atoms with Crippen LogP contribution >= 0.6 is 0 Å². The molecule has 0 fully saturated rings. The summed E-state index contributed by atoms with van der Waals surface area (Å²) in [6, 6.07) is 14.7. The van der Waals surface area contributed by atoms with E-state index in [1.54, 1.807) is 6.07 Å². The smallest absolute Gasteiger partial charge is 0.227 e.